The zero-order valence-electron chi connectivity index (χ0n) is 15.7. The van der Waals surface area contributed by atoms with Crippen LogP contribution in [0.1, 0.15) is 16.1 Å². The molecule has 0 atom stereocenters. The molecule has 3 aromatic rings. The minimum atomic E-state index is -0.649. The van der Waals surface area contributed by atoms with Gasteiger partial charge in [0.15, 0.2) is 0 Å². The van der Waals surface area contributed by atoms with Crippen LogP contribution >= 0.6 is 0 Å². The summed E-state index contributed by atoms with van der Waals surface area (Å²) < 4.78 is 10.2. The van der Waals surface area contributed by atoms with Crippen molar-refractivity contribution in [3.63, 3.8) is 0 Å². The van der Waals surface area contributed by atoms with Crippen LogP contribution in [0.2, 0.25) is 0 Å². The number of carbonyl (C=O) groups is 1. The second kappa shape index (κ2) is 8.30. The van der Waals surface area contributed by atoms with Crippen LogP contribution in [0.4, 0.5) is 17.1 Å². The Morgan fingerprint density at radius 3 is 2.04 bits per heavy atom. The maximum Gasteiger partial charge on any atom is 0.343 e. The predicted octanol–water partition coefficient (Wildman–Crippen LogP) is 4.65. The number of ether oxygens (including phenoxy) is 1. The molecule has 0 spiro atoms. The van der Waals surface area contributed by atoms with E-state index in [-0.39, 0.29) is 17.1 Å². The van der Waals surface area contributed by atoms with Gasteiger partial charge in [-0.15, -0.1) is 0 Å². The van der Waals surface area contributed by atoms with Gasteiger partial charge in [0.2, 0.25) is 11.2 Å². The van der Waals surface area contributed by atoms with Crippen LogP contribution in [0.5, 0.6) is 5.75 Å². The van der Waals surface area contributed by atoms with E-state index in [1.54, 1.807) is 31.2 Å². The number of esters is 1. The molecule has 0 saturated carbocycles. The van der Waals surface area contributed by atoms with E-state index in [9.17, 15) is 9.59 Å². The molecule has 0 aliphatic rings. The summed E-state index contributed by atoms with van der Waals surface area (Å²) in [4.78, 5) is 26.0. The van der Waals surface area contributed by atoms with Crippen molar-refractivity contribution in [2.75, 3.05) is 19.0 Å². The number of hydrogen-bond donors (Lipinski definition) is 0. The quantitative estimate of drug-likeness (QED) is 0.477. The molecule has 28 heavy (non-hydrogen) atoms. The molecule has 3 rings (SSSR count). The van der Waals surface area contributed by atoms with Gasteiger partial charge in [-0.25, -0.2) is 4.79 Å². The molecule has 2 aromatic carbocycles. The Morgan fingerprint density at radius 1 is 0.929 bits per heavy atom. The minimum absolute atomic E-state index is 0.113. The first-order valence-corrected chi connectivity index (χ1v) is 8.54. The lowest BCUT2D eigenvalue weighted by atomic mass is 10.2. The van der Waals surface area contributed by atoms with Crippen molar-refractivity contribution in [1.82, 2.24) is 0 Å². The molecule has 0 saturated heterocycles. The molecule has 7 heteroatoms. The van der Waals surface area contributed by atoms with Crippen molar-refractivity contribution in [3.05, 3.63) is 82.4 Å². The Bertz CT molecular complexity index is 1050. The van der Waals surface area contributed by atoms with Gasteiger partial charge in [-0.05, 0) is 55.5 Å². The maximum atomic E-state index is 12.2. The number of benzene rings is 2. The van der Waals surface area contributed by atoms with Crippen molar-refractivity contribution in [1.29, 1.82) is 0 Å². The molecule has 0 aliphatic heterocycles. The summed E-state index contributed by atoms with van der Waals surface area (Å²) in [5.74, 6) is -0.520. The second-order valence-electron chi connectivity index (χ2n) is 6.22. The third-order valence-electron chi connectivity index (χ3n) is 3.95. The van der Waals surface area contributed by atoms with E-state index < -0.39 is 11.4 Å². The highest BCUT2D eigenvalue weighted by molar-refractivity contribution is 5.91. The summed E-state index contributed by atoms with van der Waals surface area (Å²) >= 11 is 0. The molecule has 0 unspecified atom stereocenters. The molecule has 0 amide bonds. The van der Waals surface area contributed by atoms with Crippen LogP contribution in [0.25, 0.3) is 0 Å². The fraction of sp³-hybridized carbons (Fsp3) is 0.143. The van der Waals surface area contributed by atoms with Crippen LogP contribution < -0.4 is 15.1 Å². The number of rotatable bonds is 5. The Hall–Kier alpha value is -3.74. The first-order chi connectivity index (χ1) is 13.4. The smallest absolute Gasteiger partial charge is 0.343 e. The average Bonchev–Trinajstić information content (AvgIpc) is 2.70. The van der Waals surface area contributed by atoms with E-state index in [1.807, 2.05) is 43.3 Å². The van der Waals surface area contributed by atoms with E-state index in [0.717, 1.165) is 11.4 Å². The van der Waals surface area contributed by atoms with Crippen molar-refractivity contribution in [2.45, 2.75) is 6.92 Å². The number of nitrogens with zero attached hydrogens (tertiary/aromatic N) is 3. The zero-order valence-corrected chi connectivity index (χ0v) is 15.7. The van der Waals surface area contributed by atoms with Gasteiger partial charge in [0, 0.05) is 25.8 Å². The van der Waals surface area contributed by atoms with E-state index in [2.05, 4.69) is 10.2 Å². The van der Waals surface area contributed by atoms with Crippen LogP contribution in [0.3, 0.4) is 0 Å². The lowest BCUT2D eigenvalue weighted by molar-refractivity contribution is 0.0727. The molecule has 7 nitrogen and oxygen atoms in total. The van der Waals surface area contributed by atoms with Gasteiger partial charge in [-0.2, -0.15) is 10.2 Å². The SMILES string of the molecule is Cc1occc(=O)c1OC(=O)c1ccc(N=Nc2ccc(N(C)C)cc2)cc1. The van der Waals surface area contributed by atoms with Gasteiger partial charge in [0.05, 0.1) is 23.2 Å². The molecular formula is C21H19N3O4. The molecule has 0 radical (unpaired) electrons. The molecule has 142 valence electrons. The molecule has 0 bridgehead atoms. The lowest BCUT2D eigenvalue weighted by Crippen LogP contribution is -2.15. The monoisotopic (exact) mass is 377 g/mol. The Morgan fingerprint density at radius 2 is 1.50 bits per heavy atom. The third-order valence-corrected chi connectivity index (χ3v) is 3.95. The number of anilines is 1. The standard InChI is InChI=1S/C21H19N3O4/c1-14-20(19(25)12-13-27-14)28-21(26)15-4-6-16(7-5-15)22-23-17-8-10-18(11-9-17)24(2)3/h4-13H,1-3H3. The fourth-order valence-electron chi connectivity index (χ4n) is 2.37. The summed E-state index contributed by atoms with van der Waals surface area (Å²) in [5.41, 5.74) is 2.26. The highest BCUT2D eigenvalue weighted by Crippen LogP contribution is 2.22. The molecule has 0 fully saturated rings. The summed E-state index contributed by atoms with van der Waals surface area (Å²) in [6, 6.07) is 15.3. The molecule has 1 aromatic heterocycles. The third kappa shape index (κ3) is 4.50. The van der Waals surface area contributed by atoms with Crippen LogP contribution in [0, 0.1) is 6.92 Å². The lowest BCUT2D eigenvalue weighted by Gasteiger charge is -2.11. The van der Waals surface area contributed by atoms with E-state index >= 15 is 0 Å². The fourth-order valence-corrected chi connectivity index (χ4v) is 2.37. The molecule has 0 N–H and O–H groups in total. The van der Waals surface area contributed by atoms with Gasteiger partial charge in [0.25, 0.3) is 0 Å². The number of carbonyl (C=O) groups excluding carboxylic acids is 1. The van der Waals surface area contributed by atoms with Crippen molar-refractivity contribution in [3.8, 4) is 5.75 Å². The van der Waals surface area contributed by atoms with Gasteiger partial charge >= 0.3 is 5.97 Å². The zero-order chi connectivity index (χ0) is 20.1. The van der Waals surface area contributed by atoms with Crippen LogP contribution in [0.15, 0.2) is 80.3 Å². The highest BCUT2D eigenvalue weighted by Gasteiger charge is 2.14. The maximum absolute atomic E-state index is 12.2. The van der Waals surface area contributed by atoms with Crippen molar-refractivity contribution < 1.29 is 13.9 Å². The summed E-state index contributed by atoms with van der Waals surface area (Å²) in [7, 11) is 3.93. The number of hydrogen-bond acceptors (Lipinski definition) is 7. The Balaban J connectivity index is 1.69. The van der Waals surface area contributed by atoms with Gasteiger partial charge in [0.1, 0.15) is 5.76 Å². The van der Waals surface area contributed by atoms with Crippen LogP contribution in [-0.2, 0) is 0 Å². The number of aryl methyl sites for hydroxylation is 1. The van der Waals surface area contributed by atoms with E-state index in [1.165, 1.54) is 12.3 Å². The average molecular weight is 377 g/mol. The molecule has 0 aliphatic carbocycles. The molecular weight excluding hydrogens is 358 g/mol. The van der Waals surface area contributed by atoms with Gasteiger partial charge in [-0.3, -0.25) is 4.79 Å². The summed E-state index contributed by atoms with van der Waals surface area (Å²) in [6.07, 6.45) is 1.25. The van der Waals surface area contributed by atoms with E-state index in [4.69, 9.17) is 9.15 Å². The van der Waals surface area contributed by atoms with Crippen molar-refractivity contribution >= 4 is 23.0 Å². The highest BCUT2D eigenvalue weighted by atomic mass is 16.5. The summed E-state index contributed by atoms with van der Waals surface area (Å²) in [6.45, 7) is 1.55. The normalized spacial score (nSPS) is 10.8. The van der Waals surface area contributed by atoms with Gasteiger partial charge in [-0.1, -0.05) is 0 Å². The Kier molecular flexibility index (Phi) is 5.64. The first-order valence-electron chi connectivity index (χ1n) is 8.54. The predicted molar refractivity (Wildman–Crippen MR) is 106 cm³/mol. The topological polar surface area (TPSA) is 84.5 Å². The largest absolute Gasteiger partial charge is 0.465 e. The van der Waals surface area contributed by atoms with E-state index in [0.29, 0.717) is 5.69 Å². The minimum Gasteiger partial charge on any atom is -0.465 e. The molecule has 1 heterocycles. The summed E-state index contributed by atoms with van der Waals surface area (Å²) in [5, 5.41) is 8.34. The number of azo groups is 1. The van der Waals surface area contributed by atoms with Crippen molar-refractivity contribution in [2.24, 2.45) is 10.2 Å². The van der Waals surface area contributed by atoms with Crippen LogP contribution in [-0.4, -0.2) is 20.1 Å². The Labute approximate surface area is 161 Å². The second-order valence-corrected chi connectivity index (χ2v) is 6.22. The van der Waals surface area contributed by atoms with Gasteiger partial charge < -0.3 is 14.1 Å². The first kappa shape index (κ1) is 19.0.